The van der Waals surface area contributed by atoms with Gasteiger partial charge in [0.05, 0.1) is 0 Å². The monoisotopic (exact) mass is 446 g/mol. The van der Waals surface area contributed by atoms with Crippen molar-refractivity contribution in [1.82, 2.24) is 0 Å². The molecule has 4 heteroatoms. The summed E-state index contributed by atoms with van der Waals surface area (Å²) in [5, 5.41) is 0. The first kappa shape index (κ1) is 23.3. The van der Waals surface area contributed by atoms with Crippen molar-refractivity contribution in [3.63, 3.8) is 0 Å². The van der Waals surface area contributed by atoms with Crippen molar-refractivity contribution in [3.8, 4) is 0 Å². The van der Waals surface area contributed by atoms with Crippen LogP contribution in [0.2, 0.25) is 0 Å². The molecule has 3 nitrogen and oxygen atoms in total. The Hall–Kier alpha value is -0.870. The minimum atomic E-state index is -4.25. The van der Waals surface area contributed by atoms with E-state index in [1.54, 1.807) is 0 Å². The van der Waals surface area contributed by atoms with Gasteiger partial charge in [-0.15, -0.1) is 0 Å². The Kier molecular flexibility index (Phi) is 7.18. The Morgan fingerprint density at radius 3 is 1.26 bits per heavy atom. The van der Waals surface area contributed by atoms with Crippen LogP contribution in [0.25, 0.3) is 0 Å². The van der Waals surface area contributed by atoms with Gasteiger partial charge in [0, 0.05) is 0 Å². The van der Waals surface area contributed by atoms with Crippen LogP contribution in [0.5, 0.6) is 0 Å². The van der Waals surface area contributed by atoms with E-state index < -0.39 is 10.1 Å². The third-order valence-corrected chi connectivity index (χ3v) is 9.81. The van der Waals surface area contributed by atoms with Crippen molar-refractivity contribution in [2.24, 2.45) is 17.8 Å². The van der Waals surface area contributed by atoms with Gasteiger partial charge < -0.3 is 0 Å². The summed E-state index contributed by atoms with van der Waals surface area (Å²) in [7, 11) is -4.25. The van der Waals surface area contributed by atoms with E-state index in [0.717, 1.165) is 68.4 Å². The lowest BCUT2D eigenvalue weighted by atomic mass is 9.73. The molecule has 31 heavy (non-hydrogen) atoms. The maximum absolute atomic E-state index is 12.8. The zero-order valence-electron chi connectivity index (χ0n) is 19.8. The Labute approximate surface area is 190 Å². The fourth-order valence-electron chi connectivity index (χ4n) is 6.57. The van der Waals surface area contributed by atoms with E-state index in [1.165, 1.54) is 31.2 Å². The van der Waals surface area contributed by atoms with Gasteiger partial charge in [-0.3, -0.25) is 4.55 Å². The molecule has 1 aromatic rings. The maximum atomic E-state index is 12.8. The summed E-state index contributed by atoms with van der Waals surface area (Å²) in [4.78, 5) is 0.291. The van der Waals surface area contributed by atoms with E-state index in [-0.39, 0.29) is 11.8 Å². The normalized spacial score (nSPS) is 35.1. The van der Waals surface area contributed by atoms with Crippen molar-refractivity contribution in [2.45, 2.75) is 120 Å². The average Bonchev–Trinajstić information content (AvgIpc) is 2.74. The minimum absolute atomic E-state index is 0.261. The summed E-state index contributed by atoms with van der Waals surface area (Å²) < 4.78 is 36.0. The van der Waals surface area contributed by atoms with Gasteiger partial charge in [0.2, 0.25) is 0 Å². The zero-order valence-corrected chi connectivity index (χ0v) is 20.6. The first-order valence-electron chi connectivity index (χ1n) is 12.9. The summed E-state index contributed by atoms with van der Waals surface area (Å²) >= 11 is 0. The molecule has 0 saturated heterocycles. The van der Waals surface area contributed by atoms with Crippen molar-refractivity contribution in [2.75, 3.05) is 0 Å². The highest BCUT2D eigenvalue weighted by Gasteiger charge is 2.33. The van der Waals surface area contributed by atoms with E-state index in [9.17, 15) is 13.0 Å². The van der Waals surface area contributed by atoms with Crippen LogP contribution in [0.4, 0.5) is 0 Å². The predicted molar refractivity (Wildman–Crippen MR) is 127 cm³/mol. The van der Waals surface area contributed by atoms with Crippen LogP contribution in [0.15, 0.2) is 17.0 Å². The van der Waals surface area contributed by atoms with Gasteiger partial charge in [-0.2, -0.15) is 8.42 Å². The van der Waals surface area contributed by atoms with Gasteiger partial charge in [0.25, 0.3) is 10.1 Å². The van der Waals surface area contributed by atoms with Gasteiger partial charge in [-0.05, 0) is 90.7 Å². The molecule has 3 aliphatic rings. The smallest absolute Gasteiger partial charge is 0.282 e. The van der Waals surface area contributed by atoms with Gasteiger partial charge in [0.15, 0.2) is 0 Å². The molecule has 174 valence electrons. The van der Waals surface area contributed by atoms with Crippen molar-refractivity contribution < 1.29 is 13.0 Å². The Balaban J connectivity index is 1.80. The minimum Gasteiger partial charge on any atom is -0.282 e. The van der Waals surface area contributed by atoms with Crippen LogP contribution in [0, 0.1) is 17.8 Å². The molecule has 0 bridgehead atoms. The lowest BCUT2D eigenvalue weighted by molar-refractivity contribution is 0.332. The Bertz CT molecular complexity index is 807. The molecule has 3 saturated carbocycles. The van der Waals surface area contributed by atoms with Crippen molar-refractivity contribution in [3.05, 3.63) is 28.8 Å². The molecule has 1 N–H and O–H groups in total. The summed E-state index contributed by atoms with van der Waals surface area (Å²) in [6.07, 6.45) is 13.7. The third kappa shape index (κ3) is 5.38. The van der Waals surface area contributed by atoms with E-state index >= 15 is 0 Å². The van der Waals surface area contributed by atoms with Gasteiger partial charge in [0.1, 0.15) is 4.90 Å². The molecular weight excluding hydrogens is 404 g/mol. The highest BCUT2D eigenvalue weighted by molar-refractivity contribution is 7.86. The molecule has 0 heterocycles. The quantitative estimate of drug-likeness (QED) is 0.480. The van der Waals surface area contributed by atoms with Crippen LogP contribution < -0.4 is 0 Å². The zero-order chi connectivity index (χ0) is 22.2. The summed E-state index contributed by atoms with van der Waals surface area (Å²) in [5.74, 6) is 3.29. The summed E-state index contributed by atoms with van der Waals surface area (Å²) in [6.45, 7) is 6.95. The first-order valence-corrected chi connectivity index (χ1v) is 14.3. The second-order valence-corrected chi connectivity index (χ2v) is 12.7. The maximum Gasteiger partial charge on any atom is 0.295 e. The van der Waals surface area contributed by atoms with Crippen molar-refractivity contribution in [1.29, 1.82) is 0 Å². The SMILES string of the molecule is CC1CCC(c2cc(C3CCC(C)CC3)c(S(=O)(=O)O)c(C3CCC(C)CC3)c2)CC1. The first-order chi connectivity index (χ1) is 14.7. The van der Waals surface area contributed by atoms with Crippen LogP contribution in [0.3, 0.4) is 0 Å². The van der Waals surface area contributed by atoms with Gasteiger partial charge in [-0.25, -0.2) is 0 Å². The van der Waals surface area contributed by atoms with E-state index in [4.69, 9.17) is 0 Å². The highest BCUT2D eigenvalue weighted by Crippen LogP contribution is 2.46. The van der Waals surface area contributed by atoms with Crippen LogP contribution >= 0.6 is 0 Å². The largest absolute Gasteiger partial charge is 0.295 e. The Morgan fingerprint density at radius 1 is 0.613 bits per heavy atom. The second-order valence-electron chi connectivity index (χ2n) is 11.4. The van der Waals surface area contributed by atoms with E-state index in [1.807, 2.05) is 0 Å². The fourth-order valence-corrected chi connectivity index (χ4v) is 7.62. The summed E-state index contributed by atoms with van der Waals surface area (Å²) in [6, 6.07) is 4.42. The molecule has 3 aliphatic carbocycles. The molecule has 4 rings (SSSR count). The number of benzene rings is 1. The molecule has 3 fully saturated rings. The highest BCUT2D eigenvalue weighted by atomic mass is 32.2. The van der Waals surface area contributed by atoms with E-state index in [2.05, 4.69) is 32.9 Å². The summed E-state index contributed by atoms with van der Waals surface area (Å²) in [5.41, 5.74) is 3.24. The topological polar surface area (TPSA) is 54.4 Å². The van der Waals surface area contributed by atoms with Crippen LogP contribution in [0.1, 0.15) is 132 Å². The molecule has 0 amide bonds. The molecule has 0 unspecified atom stereocenters. The van der Waals surface area contributed by atoms with Crippen LogP contribution in [-0.4, -0.2) is 13.0 Å². The van der Waals surface area contributed by atoms with Gasteiger partial charge in [-0.1, -0.05) is 71.4 Å². The predicted octanol–water partition coefficient (Wildman–Crippen LogP) is 7.81. The molecule has 0 aromatic heterocycles. The molecule has 0 spiro atoms. The third-order valence-electron chi connectivity index (χ3n) is 8.83. The Morgan fingerprint density at radius 2 is 0.935 bits per heavy atom. The van der Waals surface area contributed by atoms with Crippen LogP contribution in [-0.2, 0) is 10.1 Å². The molecule has 0 atom stereocenters. The van der Waals surface area contributed by atoms with Crippen molar-refractivity contribution >= 4 is 10.1 Å². The lowest BCUT2D eigenvalue weighted by Crippen LogP contribution is -2.20. The van der Waals surface area contributed by atoms with Gasteiger partial charge >= 0.3 is 0 Å². The molecule has 0 radical (unpaired) electrons. The number of hydrogen-bond donors (Lipinski definition) is 1. The average molecular weight is 447 g/mol. The standard InChI is InChI=1S/C27H42O3S/c1-18-4-10-21(11-5-18)24-16-25(22-12-6-19(2)7-13-22)27(31(28,29)30)26(17-24)23-14-8-20(3)9-15-23/h16-23H,4-15H2,1-3H3,(H,28,29,30). The van der Waals surface area contributed by atoms with E-state index in [0.29, 0.717) is 22.6 Å². The lowest BCUT2D eigenvalue weighted by Gasteiger charge is -2.34. The fraction of sp³-hybridized carbons (Fsp3) is 0.778. The number of rotatable bonds is 4. The molecule has 0 aliphatic heterocycles. The molecule has 1 aromatic carbocycles. The second kappa shape index (κ2) is 9.55. The number of hydrogen-bond acceptors (Lipinski definition) is 2. The molecular formula is C27H42O3S.